The number of halogens is 3. The Balaban J connectivity index is 1.62. The third-order valence-corrected chi connectivity index (χ3v) is 7.48. The minimum Gasteiger partial charge on any atom is -0.482 e. The SMILES string of the molecule is O=C(NC1CCCC1)C(Cc1ccccc1)N(Cc1cccc(Cl)c1)C(=O)COc1ccc(Br)cc1Cl. The Labute approximate surface area is 236 Å². The molecule has 37 heavy (non-hydrogen) atoms. The van der Waals surface area contributed by atoms with Crippen molar-refractivity contribution in [1.29, 1.82) is 0 Å². The largest absolute Gasteiger partial charge is 0.482 e. The van der Waals surface area contributed by atoms with E-state index in [1.807, 2.05) is 48.5 Å². The maximum atomic E-state index is 13.7. The molecule has 1 fully saturated rings. The Morgan fingerprint density at radius 3 is 2.41 bits per heavy atom. The number of rotatable bonds is 10. The van der Waals surface area contributed by atoms with Gasteiger partial charge in [-0.2, -0.15) is 0 Å². The first kappa shape index (κ1) is 27.5. The molecule has 1 aliphatic carbocycles. The summed E-state index contributed by atoms with van der Waals surface area (Å²) < 4.78 is 6.62. The van der Waals surface area contributed by atoms with Crippen LogP contribution in [0.1, 0.15) is 36.8 Å². The molecule has 8 heteroatoms. The second-order valence-electron chi connectivity index (χ2n) is 9.21. The summed E-state index contributed by atoms with van der Waals surface area (Å²) in [7, 11) is 0. The highest BCUT2D eigenvalue weighted by Crippen LogP contribution is 2.28. The van der Waals surface area contributed by atoms with Crippen LogP contribution in [0.15, 0.2) is 77.3 Å². The molecule has 0 saturated heterocycles. The van der Waals surface area contributed by atoms with E-state index >= 15 is 0 Å². The van der Waals surface area contributed by atoms with E-state index in [1.165, 1.54) is 0 Å². The highest BCUT2D eigenvalue weighted by molar-refractivity contribution is 9.10. The molecule has 3 aromatic carbocycles. The minimum atomic E-state index is -0.724. The van der Waals surface area contributed by atoms with Crippen LogP contribution in [0.4, 0.5) is 0 Å². The summed E-state index contributed by atoms with van der Waals surface area (Å²) in [4.78, 5) is 29.0. The Morgan fingerprint density at radius 1 is 0.973 bits per heavy atom. The maximum absolute atomic E-state index is 13.7. The van der Waals surface area contributed by atoms with E-state index in [0.29, 0.717) is 22.2 Å². The lowest BCUT2D eigenvalue weighted by atomic mass is 10.0. The highest BCUT2D eigenvalue weighted by Gasteiger charge is 2.32. The molecule has 0 aromatic heterocycles. The Kier molecular flexibility index (Phi) is 9.89. The van der Waals surface area contributed by atoms with Crippen molar-refractivity contribution in [3.05, 3.63) is 98.4 Å². The van der Waals surface area contributed by atoms with Gasteiger partial charge in [0.15, 0.2) is 6.61 Å². The molecule has 0 bridgehead atoms. The van der Waals surface area contributed by atoms with Gasteiger partial charge in [-0.05, 0) is 54.3 Å². The van der Waals surface area contributed by atoms with Crippen LogP contribution in [-0.4, -0.2) is 35.4 Å². The molecule has 1 atom stereocenters. The minimum absolute atomic E-state index is 0.131. The summed E-state index contributed by atoms with van der Waals surface area (Å²) in [5, 5.41) is 4.15. The van der Waals surface area contributed by atoms with Gasteiger partial charge in [-0.15, -0.1) is 0 Å². The van der Waals surface area contributed by atoms with Crippen molar-refractivity contribution < 1.29 is 14.3 Å². The number of carbonyl (C=O) groups excluding carboxylic acids is 2. The van der Waals surface area contributed by atoms with Gasteiger partial charge in [0, 0.05) is 28.5 Å². The van der Waals surface area contributed by atoms with Crippen LogP contribution >= 0.6 is 39.1 Å². The molecule has 1 saturated carbocycles. The van der Waals surface area contributed by atoms with E-state index in [9.17, 15) is 9.59 Å². The van der Waals surface area contributed by atoms with Gasteiger partial charge in [0.05, 0.1) is 5.02 Å². The van der Waals surface area contributed by atoms with Crippen molar-refractivity contribution in [3.63, 3.8) is 0 Å². The average Bonchev–Trinajstić information content (AvgIpc) is 3.39. The van der Waals surface area contributed by atoms with Gasteiger partial charge in [0.25, 0.3) is 5.91 Å². The number of carbonyl (C=O) groups is 2. The molecule has 0 spiro atoms. The quantitative estimate of drug-likeness (QED) is 0.276. The number of amides is 2. The van der Waals surface area contributed by atoms with Crippen LogP contribution < -0.4 is 10.1 Å². The molecule has 1 unspecified atom stereocenters. The fourth-order valence-electron chi connectivity index (χ4n) is 4.57. The van der Waals surface area contributed by atoms with E-state index < -0.39 is 6.04 Å². The van der Waals surface area contributed by atoms with Gasteiger partial charge in [-0.1, -0.05) is 94.4 Å². The predicted molar refractivity (Wildman–Crippen MR) is 151 cm³/mol. The monoisotopic (exact) mass is 602 g/mol. The molecular weight excluding hydrogens is 575 g/mol. The van der Waals surface area contributed by atoms with Gasteiger partial charge in [-0.3, -0.25) is 9.59 Å². The van der Waals surface area contributed by atoms with E-state index in [1.54, 1.807) is 29.2 Å². The fraction of sp³-hybridized carbons (Fsp3) is 0.310. The molecule has 194 valence electrons. The average molecular weight is 604 g/mol. The van der Waals surface area contributed by atoms with Crippen LogP contribution in [0, 0.1) is 0 Å². The number of hydrogen-bond donors (Lipinski definition) is 1. The number of hydrogen-bond acceptors (Lipinski definition) is 3. The van der Waals surface area contributed by atoms with Crippen LogP contribution in [0.25, 0.3) is 0 Å². The van der Waals surface area contributed by atoms with E-state index in [2.05, 4.69) is 21.2 Å². The van der Waals surface area contributed by atoms with Crippen molar-refractivity contribution in [3.8, 4) is 5.75 Å². The second kappa shape index (κ2) is 13.3. The second-order valence-corrected chi connectivity index (χ2v) is 11.0. The lowest BCUT2D eigenvalue weighted by molar-refractivity contribution is -0.143. The Hall–Kier alpha value is -2.54. The van der Waals surface area contributed by atoms with Crippen molar-refractivity contribution >= 4 is 50.9 Å². The molecule has 0 heterocycles. The zero-order chi connectivity index (χ0) is 26.2. The summed E-state index contributed by atoms with van der Waals surface area (Å²) in [5.41, 5.74) is 1.80. The zero-order valence-electron chi connectivity index (χ0n) is 20.3. The molecule has 1 N–H and O–H groups in total. The first-order chi connectivity index (χ1) is 17.9. The molecule has 3 aromatic rings. The molecule has 1 aliphatic rings. The number of benzene rings is 3. The van der Waals surface area contributed by atoms with Crippen LogP contribution in [0.3, 0.4) is 0 Å². The van der Waals surface area contributed by atoms with Crippen LogP contribution in [0.5, 0.6) is 5.75 Å². The fourth-order valence-corrected chi connectivity index (χ4v) is 5.51. The van der Waals surface area contributed by atoms with Gasteiger partial charge in [0.1, 0.15) is 11.8 Å². The standard InChI is InChI=1S/C29H29BrCl2N2O3/c30-22-13-14-27(25(32)17-22)37-19-28(35)34(18-21-9-6-10-23(31)15-21)26(16-20-7-2-1-3-8-20)29(36)33-24-11-4-5-12-24/h1-3,6-10,13-15,17,24,26H,4-5,11-12,16,18-19H2,(H,33,36). The topological polar surface area (TPSA) is 58.6 Å². The normalized spacial score (nSPS) is 14.2. The summed E-state index contributed by atoms with van der Waals surface area (Å²) >= 11 is 15.9. The van der Waals surface area contributed by atoms with Crippen molar-refractivity contribution in [1.82, 2.24) is 10.2 Å². The van der Waals surface area contributed by atoms with E-state index in [0.717, 1.165) is 41.3 Å². The van der Waals surface area contributed by atoms with E-state index in [-0.39, 0.29) is 31.0 Å². The van der Waals surface area contributed by atoms with E-state index in [4.69, 9.17) is 27.9 Å². The Morgan fingerprint density at radius 2 is 1.70 bits per heavy atom. The highest BCUT2D eigenvalue weighted by atomic mass is 79.9. The third-order valence-electron chi connectivity index (χ3n) is 6.46. The summed E-state index contributed by atoms with van der Waals surface area (Å²) in [5.74, 6) is -0.0785. The first-order valence-electron chi connectivity index (χ1n) is 12.3. The van der Waals surface area contributed by atoms with Crippen LogP contribution in [0.2, 0.25) is 10.0 Å². The van der Waals surface area contributed by atoms with Crippen molar-refractivity contribution in [2.75, 3.05) is 6.61 Å². The molecule has 0 radical (unpaired) electrons. The number of nitrogens with zero attached hydrogens (tertiary/aromatic N) is 1. The molecule has 4 rings (SSSR count). The van der Waals surface area contributed by atoms with Gasteiger partial charge >= 0.3 is 0 Å². The van der Waals surface area contributed by atoms with Crippen LogP contribution in [-0.2, 0) is 22.6 Å². The molecule has 0 aliphatic heterocycles. The predicted octanol–water partition coefficient (Wildman–Crippen LogP) is 6.83. The lowest BCUT2D eigenvalue weighted by Crippen LogP contribution is -2.53. The number of nitrogens with one attached hydrogen (secondary N) is 1. The summed E-state index contributed by atoms with van der Waals surface area (Å²) in [6.07, 6.45) is 4.49. The maximum Gasteiger partial charge on any atom is 0.261 e. The van der Waals surface area contributed by atoms with Crippen molar-refractivity contribution in [2.24, 2.45) is 0 Å². The molecule has 2 amide bonds. The smallest absolute Gasteiger partial charge is 0.261 e. The third kappa shape index (κ3) is 7.97. The lowest BCUT2D eigenvalue weighted by Gasteiger charge is -2.32. The molecular formula is C29H29BrCl2N2O3. The molecule has 5 nitrogen and oxygen atoms in total. The zero-order valence-corrected chi connectivity index (χ0v) is 23.4. The van der Waals surface area contributed by atoms with Gasteiger partial charge < -0.3 is 15.0 Å². The van der Waals surface area contributed by atoms with Gasteiger partial charge in [0.2, 0.25) is 5.91 Å². The number of ether oxygens (including phenoxy) is 1. The van der Waals surface area contributed by atoms with Gasteiger partial charge in [-0.25, -0.2) is 0 Å². The first-order valence-corrected chi connectivity index (χ1v) is 13.9. The summed E-state index contributed by atoms with van der Waals surface area (Å²) in [6, 6.07) is 21.7. The summed E-state index contributed by atoms with van der Waals surface area (Å²) in [6.45, 7) is -0.0453. The Bertz CT molecular complexity index is 1220. The van der Waals surface area contributed by atoms with Crippen molar-refractivity contribution in [2.45, 2.75) is 50.7 Å².